The highest BCUT2D eigenvalue weighted by molar-refractivity contribution is 5.73. The molecule has 0 rings (SSSR count). The Bertz CT molecular complexity index is 112. The molecule has 0 amide bonds. The fraction of sp³-hybridized carbons (Fsp3) is 0.833. The second-order valence-corrected chi connectivity index (χ2v) is 2.62. The van der Waals surface area contributed by atoms with Crippen molar-refractivity contribution >= 4 is 5.96 Å². The van der Waals surface area contributed by atoms with Gasteiger partial charge in [-0.25, -0.2) is 5.43 Å². The molecule has 0 aromatic rings. The Balaban J connectivity index is 2.97. The van der Waals surface area contributed by atoms with Crippen LogP contribution in [0.5, 0.6) is 0 Å². The Morgan fingerprint density at radius 3 is 2.64 bits per heavy atom. The van der Waals surface area contributed by atoms with Gasteiger partial charge < -0.3 is 10.6 Å². The van der Waals surface area contributed by atoms with E-state index in [9.17, 15) is 0 Å². The lowest BCUT2D eigenvalue weighted by molar-refractivity contribution is 0.392. The van der Waals surface area contributed by atoms with Crippen LogP contribution < -0.4 is 16.6 Å². The van der Waals surface area contributed by atoms with Gasteiger partial charge in [0, 0.05) is 6.54 Å². The molecule has 0 aliphatic rings. The summed E-state index contributed by atoms with van der Waals surface area (Å²) in [5.74, 6) is -0.0464. The molecule has 0 radical (unpaired) electrons. The Morgan fingerprint density at radius 1 is 1.55 bits per heavy atom. The van der Waals surface area contributed by atoms with E-state index < -0.39 is 0 Å². The smallest absolute Gasteiger partial charge is 0.200 e. The summed E-state index contributed by atoms with van der Waals surface area (Å²) in [6.45, 7) is 1.85. The van der Waals surface area contributed by atoms with Crippen LogP contribution in [0.4, 0.5) is 0 Å². The van der Waals surface area contributed by atoms with Crippen LogP contribution in [0.2, 0.25) is 0 Å². The topological polar surface area (TPSA) is 77.2 Å². The molecule has 0 saturated carbocycles. The lowest BCUT2D eigenvalue weighted by atomic mass is 10.4. The quantitative estimate of drug-likeness (QED) is 0.178. The first-order valence-corrected chi connectivity index (χ1v) is 3.60. The predicted octanol–water partition coefficient (Wildman–Crippen LogP) is -1.07. The summed E-state index contributed by atoms with van der Waals surface area (Å²) in [6, 6.07) is 0. The van der Waals surface area contributed by atoms with E-state index in [-0.39, 0.29) is 5.96 Å². The number of hydrogen-bond acceptors (Lipinski definition) is 3. The SMILES string of the molecule is CN(C)CCCNNC(=N)N. The van der Waals surface area contributed by atoms with Crippen LogP contribution in [0.25, 0.3) is 0 Å². The second kappa shape index (κ2) is 5.94. The molecular formula is C6H17N5. The average Bonchev–Trinajstić information content (AvgIpc) is 1.85. The van der Waals surface area contributed by atoms with Gasteiger partial charge in [-0.1, -0.05) is 0 Å². The molecule has 0 heterocycles. The minimum Gasteiger partial charge on any atom is -0.369 e. The van der Waals surface area contributed by atoms with Gasteiger partial charge in [0.25, 0.3) is 0 Å². The van der Waals surface area contributed by atoms with Gasteiger partial charge in [0.2, 0.25) is 0 Å². The highest BCUT2D eigenvalue weighted by atomic mass is 15.4. The van der Waals surface area contributed by atoms with Gasteiger partial charge in [0.1, 0.15) is 0 Å². The van der Waals surface area contributed by atoms with E-state index in [0.29, 0.717) is 0 Å². The maximum absolute atomic E-state index is 6.81. The molecule has 0 aliphatic carbocycles. The van der Waals surface area contributed by atoms with Crippen LogP contribution >= 0.6 is 0 Å². The molecule has 5 heteroatoms. The second-order valence-electron chi connectivity index (χ2n) is 2.62. The van der Waals surface area contributed by atoms with Gasteiger partial charge in [0.15, 0.2) is 5.96 Å². The number of nitrogens with one attached hydrogen (secondary N) is 3. The molecule has 5 N–H and O–H groups in total. The van der Waals surface area contributed by atoms with E-state index >= 15 is 0 Å². The molecular weight excluding hydrogens is 142 g/mol. The molecule has 0 aromatic carbocycles. The van der Waals surface area contributed by atoms with Crippen molar-refractivity contribution < 1.29 is 0 Å². The van der Waals surface area contributed by atoms with Crippen LogP contribution in [-0.4, -0.2) is 38.0 Å². The summed E-state index contributed by atoms with van der Waals surface area (Å²) in [4.78, 5) is 2.11. The molecule has 0 unspecified atom stereocenters. The van der Waals surface area contributed by atoms with Crippen molar-refractivity contribution in [3.63, 3.8) is 0 Å². The van der Waals surface area contributed by atoms with Crippen LogP contribution in [0, 0.1) is 5.41 Å². The van der Waals surface area contributed by atoms with Crippen molar-refractivity contribution in [2.45, 2.75) is 6.42 Å². The molecule has 0 saturated heterocycles. The van der Waals surface area contributed by atoms with Gasteiger partial charge in [-0.2, -0.15) is 0 Å². The largest absolute Gasteiger partial charge is 0.369 e. The van der Waals surface area contributed by atoms with Crippen molar-refractivity contribution in [1.82, 2.24) is 15.8 Å². The summed E-state index contributed by atoms with van der Waals surface area (Å²) >= 11 is 0. The fourth-order valence-electron chi connectivity index (χ4n) is 0.641. The van der Waals surface area contributed by atoms with Crippen molar-refractivity contribution in [3.05, 3.63) is 0 Å². The molecule has 0 atom stereocenters. The van der Waals surface area contributed by atoms with E-state index in [1.54, 1.807) is 0 Å². The molecule has 0 aromatic heterocycles. The molecule has 0 spiro atoms. The Kier molecular flexibility index (Phi) is 5.50. The maximum Gasteiger partial charge on any atom is 0.200 e. The highest BCUT2D eigenvalue weighted by Crippen LogP contribution is 1.78. The summed E-state index contributed by atoms with van der Waals surface area (Å²) < 4.78 is 0. The standard InChI is InChI=1S/C6H17N5/c1-11(2)5-3-4-9-10-6(7)8/h9H,3-5H2,1-2H3,(H4,7,8,10). The molecule has 0 aliphatic heterocycles. The summed E-state index contributed by atoms with van der Waals surface area (Å²) in [7, 11) is 4.05. The first-order chi connectivity index (χ1) is 5.13. The first-order valence-electron chi connectivity index (χ1n) is 3.60. The first kappa shape index (κ1) is 10.2. The van der Waals surface area contributed by atoms with E-state index in [1.165, 1.54) is 0 Å². The number of hydrogen-bond donors (Lipinski definition) is 4. The van der Waals surface area contributed by atoms with Crippen molar-refractivity contribution in [3.8, 4) is 0 Å². The molecule has 0 bridgehead atoms. The lowest BCUT2D eigenvalue weighted by Crippen LogP contribution is -2.42. The number of nitrogens with two attached hydrogens (primary N) is 1. The van der Waals surface area contributed by atoms with Crippen molar-refractivity contribution in [2.24, 2.45) is 5.73 Å². The Morgan fingerprint density at radius 2 is 2.18 bits per heavy atom. The summed E-state index contributed by atoms with van der Waals surface area (Å²) in [5, 5.41) is 6.81. The van der Waals surface area contributed by atoms with E-state index in [1.807, 2.05) is 14.1 Å². The van der Waals surface area contributed by atoms with E-state index in [4.69, 9.17) is 11.1 Å². The third-order valence-corrected chi connectivity index (χ3v) is 1.13. The molecule has 5 nitrogen and oxygen atoms in total. The zero-order chi connectivity index (χ0) is 8.69. The van der Waals surface area contributed by atoms with Crippen LogP contribution in [0.3, 0.4) is 0 Å². The van der Waals surface area contributed by atoms with Gasteiger partial charge >= 0.3 is 0 Å². The minimum atomic E-state index is -0.0464. The molecule has 0 fully saturated rings. The van der Waals surface area contributed by atoms with Crippen LogP contribution in [0.15, 0.2) is 0 Å². The number of rotatable bonds is 5. The van der Waals surface area contributed by atoms with Gasteiger partial charge in [-0.3, -0.25) is 10.8 Å². The van der Waals surface area contributed by atoms with Crippen molar-refractivity contribution in [2.75, 3.05) is 27.2 Å². The predicted molar refractivity (Wildman–Crippen MR) is 46.2 cm³/mol. The summed E-state index contributed by atoms with van der Waals surface area (Å²) in [5.41, 5.74) is 10.4. The highest BCUT2D eigenvalue weighted by Gasteiger charge is 1.89. The van der Waals surface area contributed by atoms with E-state index in [0.717, 1.165) is 19.5 Å². The van der Waals surface area contributed by atoms with Gasteiger partial charge in [-0.05, 0) is 27.1 Å². The monoisotopic (exact) mass is 159 g/mol. The van der Waals surface area contributed by atoms with Crippen molar-refractivity contribution in [1.29, 1.82) is 5.41 Å². The zero-order valence-electron chi connectivity index (χ0n) is 7.15. The lowest BCUT2D eigenvalue weighted by Gasteiger charge is -2.09. The van der Waals surface area contributed by atoms with Gasteiger partial charge in [0.05, 0.1) is 0 Å². The van der Waals surface area contributed by atoms with E-state index in [2.05, 4.69) is 15.8 Å². The fourth-order valence-corrected chi connectivity index (χ4v) is 0.641. The third kappa shape index (κ3) is 9.19. The number of nitrogens with zero attached hydrogens (tertiary/aromatic N) is 1. The third-order valence-electron chi connectivity index (χ3n) is 1.13. The zero-order valence-corrected chi connectivity index (χ0v) is 7.15. The Labute approximate surface area is 67.4 Å². The molecule has 66 valence electrons. The summed E-state index contributed by atoms with van der Waals surface area (Å²) in [6.07, 6.45) is 1.04. The van der Waals surface area contributed by atoms with Crippen LogP contribution in [-0.2, 0) is 0 Å². The van der Waals surface area contributed by atoms with Gasteiger partial charge in [-0.15, -0.1) is 0 Å². The molecule has 11 heavy (non-hydrogen) atoms. The normalized spacial score (nSPS) is 10.1. The maximum atomic E-state index is 6.81. The minimum absolute atomic E-state index is 0.0464. The average molecular weight is 159 g/mol. The number of hydrazine groups is 1. The van der Waals surface area contributed by atoms with Crippen LogP contribution in [0.1, 0.15) is 6.42 Å². The number of guanidine groups is 1. The Hall–Kier alpha value is -0.810.